The van der Waals surface area contributed by atoms with Crippen molar-refractivity contribution in [3.05, 3.63) is 35.8 Å². The molecule has 0 bridgehead atoms. The fraction of sp³-hybridized carbons (Fsp3) is 0. The Morgan fingerprint density at radius 2 is 1.87 bits per heavy atom. The van der Waals surface area contributed by atoms with E-state index in [1.165, 1.54) is 28.9 Å². The van der Waals surface area contributed by atoms with Gasteiger partial charge in [-0.3, -0.25) is 0 Å². The van der Waals surface area contributed by atoms with E-state index in [0.29, 0.717) is 5.65 Å². The van der Waals surface area contributed by atoms with Crippen molar-refractivity contribution in [1.29, 1.82) is 0 Å². The Morgan fingerprint density at radius 1 is 1.13 bits per heavy atom. The summed E-state index contributed by atoms with van der Waals surface area (Å²) < 4.78 is 1.37. The number of carboxylic acids is 2. The van der Waals surface area contributed by atoms with Crippen LogP contribution >= 0.6 is 0 Å². The Kier molecular flexibility index (Phi) is 1.89. The molecule has 15 heavy (non-hydrogen) atoms. The van der Waals surface area contributed by atoms with Crippen LogP contribution in [0.15, 0.2) is 24.5 Å². The van der Waals surface area contributed by atoms with Crippen LogP contribution in [-0.2, 0) is 0 Å². The molecule has 2 aromatic heterocycles. The van der Waals surface area contributed by atoms with Crippen LogP contribution in [0, 0.1) is 0 Å². The number of rotatable bonds is 2. The lowest BCUT2D eigenvalue weighted by Gasteiger charge is -1.95. The number of carboxylic acid groups (broad SMARTS) is 2. The van der Waals surface area contributed by atoms with E-state index in [-0.39, 0.29) is 11.3 Å². The number of aromatic nitrogens is 2. The molecule has 0 aliphatic rings. The molecule has 6 heteroatoms. The molecule has 76 valence electrons. The number of fused-ring (bicyclic) bond motifs is 1. The number of hydrogen-bond acceptors (Lipinski definition) is 3. The first-order valence-electron chi connectivity index (χ1n) is 4.03. The van der Waals surface area contributed by atoms with Crippen molar-refractivity contribution in [2.75, 3.05) is 0 Å². The minimum atomic E-state index is -1.14. The highest BCUT2D eigenvalue weighted by atomic mass is 16.4. The number of imidazole rings is 1. The summed E-state index contributed by atoms with van der Waals surface area (Å²) in [6.45, 7) is 0. The molecule has 0 spiro atoms. The molecule has 0 aliphatic heterocycles. The van der Waals surface area contributed by atoms with Crippen LogP contribution in [0.5, 0.6) is 0 Å². The first kappa shape index (κ1) is 9.20. The molecule has 0 aromatic carbocycles. The third-order valence-electron chi connectivity index (χ3n) is 1.92. The van der Waals surface area contributed by atoms with Crippen molar-refractivity contribution >= 4 is 17.6 Å². The molecular weight excluding hydrogens is 200 g/mol. The maximum absolute atomic E-state index is 10.6. The topological polar surface area (TPSA) is 91.9 Å². The lowest BCUT2D eigenvalue weighted by Crippen LogP contribution is -1.97. The lowest BCUT2D eigenvalue weighted by atomic mass is 10.3. The van der Waals surface area contributed by atoms with Gasteiger partial charge in [-0.05, 0) is 12.1 Å². The smallest absolute Gasteiger partial charge is 0.356 e. The van der Waals surface area contributed by atoms with Crippen LogP contribution in [0.3, 0.4) is 0 Å². The zero-order valence-corrected chi connectivity index (χ0v) is 7.41. The van der Waals surface area contributed by atoms with E-state index in [1.54, 1.807) is 0 Å². The van der Waals surface area contributed by atoms with Gasteiger partial charge in [-0.25, -0.2) is 14.6 Å². The molecule has 0 fully saturated rings. The summed E-state index contributed by atoms with van der Waals surface area (Å²) in [4.78, 5) is 25.0. The predicted molar refractivity (Wildman–Crippen MR) is 49.1 cm³/mol. The van der Waals surface area contributed by atoms with Gasteiger partial charge in [0.15, 0.2) is 5.69 Å². The average Bonchev–Trinajstić information content (AvgIpc) is 2.59. The van der Waals surface area contributed by atoms with Crippen molar-refractivity contribution in [1.82, 2.24) is 9.38 Å². The first-order valence-corrected chi connectivity index (χ1v) is 4.03. The highest BCUT2D eigenvalue weighted by Gasteiger charge is 2.10. The molecule has 0 atom stereocenters. The molecule has 0 unspecified atom stereocenters. The van der Waals surface area contributed by atoms with Crippen molar-refractivity contribution in [3.63, 3.8) is 0 Å². The minimum Gasteiger partial charge on any atom is -0.478 e. The molecule has 0 saturated heterocycles. The Bertz CT molecular complexity index is 546. The molecule has 0 aliphatic carbocycles. The quantitative estimate of drug-likeness (QED) is 0.755. The fourth-order valence-electron chi connectivity index (χ4n) is 1.22. The monoisotopic (exact) mass is 206 g/mol. The van der Waals surface area contributed by atoms with Crippen molar-refractivity contribution in [2.45, 2.75) is 0 Å². The van der Waals surface area contributed by atoms with Gasteiger partial charge >= 0.3 is 11.9 Å². The van der Waals surface area contributed by atoms with Crippen molar-refractivity contribution in [3.8, 4) is 0 Å². The predicted octanol–water partition coefficient (Wildman–Crippen LogP) is 0.731. The van der Waals surface area contributed by atoms with E-state index in [9.17, 15) is 9.59 Å². The molecule has 0 radical (unpaired) electrons. The zero-order chi connectivity index (χ0) is 11.0. The Hall–Kier alpha value is -2.37. The molecule has 0 amide bonds. The van der Waals surface area contributed by atoms with Crippen LogP contribution in [0.2, 0.25) is 0 Å². The van der Waals surface area contributed by atoms with Crippen molar-refractivity contribution in [2.24, 2.45) is 0 Å². The summed E-state index contributed by atoms with van der Waals surface area (Å²) in [7, 11) is 0. The minimum absolute atomic E-state index is 0.0804. The summed E-state index contributed by atoms with van der Waals surface area (Å²) >= 11 is 0. The van der Waals surface area contributed by atoms with Gasteiger partial charge in [-0.2, -0.15) is 0 Å². The Labute approximate surface area is 83.4 Å². The summed E-state index contributed by atoms with van der Waals surface area (Å²) in [5.41, 5.74) is 0.367. The number of pyridine rings is 1. The van der Waals surface area contributed by atoms with E-state index >= 15 is 0 Å². The molecular formula is C9H6N2O4. The molecule has 2 rings (SSSR count). The van der Waals surface area contributed by atoms with E-state index in [2.05, 4.69) is 4.98 Å². The summed E-state index contributed by atoms with van der Waals surface area (Å²) in [5, 5.41) is 17.4. The standard InChI is InChI=1S/C9H6N2O4/c12-8(13)5-1-2-7-10-6(9(14)15)4-11(7)3-5/h1-4H,(H,12,13)(H,14,15). The van der Waals surface area contributed by atoms with Gasteiger partial charge in [-0.15, -0.1) is 0 Å². The Morgan fingerprint density at radius 3 is 2.47 bits per heavy atom. The number of aromatic carboxylic acids is 2. The van der Waals surface area contributed by atoms with Gasteiger partial charge in [0.25, 0.3) is 0 Å². The normalized spacial score (nSPS) is 10.4. The van der Waals surface area contributed by atoms with Gasteiger partial charge < -0.3 is 14.6 Å². The third-order valence-corrected chi connectivity index (χ3v) is 1.92. The van der Waals surface area contributed by atoms with Crippen LogP contribution in [0.25, 0.3) is 5.65 Å². The summed E-state index contributed by atoms with van der Waals surface area (Å²) in [6.07, 6.45) is 2.58. The maximum atomic E-state index is 10.6. The largest absolute Gasteiger partial charge is 0.478 e. The second-order valence-corrected chi connectivity index (χ2v) is 2.92. The number of carbonyl (C=O) groups is 2. The number of hydrogen-bond donors (Lipinski definition) is 2. The van der Waals surface area contributed by atoms with E-state index < -0.39 is 11.9 Å². The van der Waals surface area contributed by atoms with Gasteiger partial charge in [0.1, 0.15) is 5.65 Å². The van der Waals surface area contributed by atoms with E-state index in [1.807, 2.05) is 0 Å². The lowest BCUT2D eigenvalue weighted by molar-refractivity contribution is 0.0683. The fourth-order valence-corrected chi connectivity index (χ4v) is 1.22. The van der Waals surface area contributed by atoms with Crippen molar-refractivity contribution < 1.29 is 19.8 Å². The van der Waals surface area contributed by atoms with Crippen LogP contribution in [0.4, 0.5) is 0 Å². The van der Waals surface area contributed by atoms with Gasteiger partial charge in [0.05, 0.1) is 5.56 Å². The van der Waals surface area contributed by atoms with Crippen LogP contribution in [-0.4, -0.2) is 31.5 Å². The van der Waals surface area contributed by atoms with Gasteiger partial charge in [0, 0.05) is 12.4 Å². The maximum Gasteiger partial charge on any atom is 0.356 e. The highest BCUT2D eigenvalue weighted by molar-refractivity contribution is 5.88. The molecule has 2 heterocycles. The van der Waals surface area contributed by atoms with Crippen LogP contribution < -0.4 is 0 Å². The van der Waals surface area contributed by atoms with Gasteiger partial charge in [0.2, 0.25) is 0 Å². The molecule has 6 nitrogen and oxygen atoms in total. The summed E-state index contributed by atoms with van der Waals surface area (Å²) in [5.74, 6) is -2.21. The first-order chi connectivity index (χ1) is 7.08. The zero-order valence-electron chi connectivity index (χ0n) is 7.41. The average molecular weight is 206 g/mol. The molecule has 2 aromatic rings. The van der Waals surface area contributed by atoms with Crippen LogP contribution in [0.1, 0.15) is 20.8 Å². The summed E-state index contributed by atoms with van der Waals surface area (Å²) in [6, 6.07) is 2.83. The Balaban J connectivity index is 2.62. The second-order valence-electron chi connectivity index (χ2n) is 2.92. The highest BCUT2D eigenvalue weighted by Crippen LogP contribution is 2.07. The van der Waals surface area contributed by atoms with E-state index in [0.717, 1.165) is 0 Å². The third kappa shape index (κ3) is 1.52. The van der Waals surface area contributed by atoms with Gasteiger partial charge in [-0.1, -0.05) is 0 Å². The SMILES string of the molecule is O=C(O)c1ccc2nc(C(=O)O)cn2c1. The van der Waals surface area contributed by atoms with E-state index in [4.69, 9.17) is 10.2 Å². The molecule has 0 saturated carbocycles. The second kappa shape index (κ2) is 3.09. The molecule has 2 N–H and O–H groups in total. The number of nitrogens with zero attached hydrogens (tertiary/aromatic N) is 2.